The molecule has 1 N–H and O–H groups in total. The maximum Gasteiger partial charge on any atom is 0.417 e. The number of rotatable bonds is 6. The number of amides is 1. The topological polar surface area (TPSA) is 75.7 Å². The number of hydrogen-bond donors (Lipinski definition) is 1. The molecule has 38 heavy (non-hydrogen) atoms. The van der Waals surface area contributed by atoms with E-state index >= 15 is 0 Å². The molecule has 1 aromatic heterocycles. The standard InChI is InChI=1S/C24H20F6N2O4S2/c25-23(26,27)18-10-16(15-4-2-1-3-5-15)11-19(24(28,29)30)22(18)38(34,35)31-20-14-37-13-17(20)12-21(33)32-6-8-36-9-7-32/h1-5,10-11,13-14,31H,6-9,12H2. The van der Waals surface area contributed by atoms with Gasteiger partial charge in [0, 0.05) is 18.5 Å². The summed E-state index contributed by atoms with van der Waals surface area (Å²) in [6.45, 7) is 1.24. The van der Waals surface area contributed by atoms with E-state index in [4.69, 9.17) is 4.74 Å². The van der Waals surface area contributed by atoms with E-state index in [1.807, 2.05) is 4.72 Å². The Labute approximate surface area is 217 Å². The molecule has 4 rings (SSSR count). The van der Waals surface area contributed by atoms with E-state index < -0.39 is 44.0 Å². The minimum Gasteiger partial charge on any atom is -0.378 e. The molecule has 2 heterocycles. The highest BCUT2D eigenvalue weighted by molar-refractivity contribution is 7.92. The van der Waals surface area contributed by atoms with Gasteiger partial charge in [0.05, 0.1) is 36.4 Å². The average molecular weight is 579 g/mol. The number of morpholine rings is 1. The molecule has 0 radical (unpaired) electrons. The summed E-state index contributed by atoms with van der Waals surface area (Å²) < 4.78 is 118. The lowest BCUT2D eigenvalue weighted by molar-refractivity contribution is -0.147. The molecule has 1 aliphatic rings. The third-order valence-corrected chi connectivity index (χ3v) is 8.03. The van der Waals surface area contributed by atoms with Crippen molar-refractivity contribution in [3.05, 3.63) is 69.9 Å². The molecule has 1 fully saturated rings. The van der Waals surface area contributed by atoms with E-state index in [0.29, 0.717) is 38.4 Å². The van der Waals surface area contributed by atoms with Gasteiger partial charge in [-0.15, -0.1) is 11.3 Å². The third kappa shape index (κ3) is 6.13. The van der Waals surface area contributed by atoms with Crippen molar-refractivity contribution in [2.24, 2.45) is 0 Å². The van der Waals surface area contributed by atoms with Gasteiger partial charge in [-0.25, -0.2) is 8.42 Å². The van der Waals surface area contributed by atoms with Crippen molar-refractivity contribution in [3.63, 3.8) is 0 Å². The van der Waals surface area contributed by atoms with Crippen LogP contribution in [0, 0.1) is 0 Å². The normalized spacial score (nSPS) is 14.9. The molecule has 1 aliphatic heterocycles. The van der Waals surface area contributed by atoms with Crippen LogP contribution in [0.1, 0.15) is 16.7 Å². The summed E-state index contributed by atoms with van der Waals surface area (Å²) in [5.74, 6) is -0.383. The molecule has 1 saturated heterocycles. The Morgan fingerprint density at radius 3 is 2.05 bits per heavy atom. The molecule has 0 spiro atoms. The van der Waals surface area contributed by atoms with Gasteiger partial charge in [0.25, 0.3) is 10.0 Å². The number of benzene rings is 2. The zero-order valence-electron chi connectivity index (χ0n) is 19.4. The van der Waals surface area contributed by atoms with E-state index in [0.717, 1.165) is 11.3 Å². The molecule has 14 heteroatoms. The Hall–Kier alpha value is -3.10. The van der Waals surface area contributed by atoms with Crippen molar-refractivity contribution in [1.82, 2.24) is 4.90 Å². The number of thiophene rings is 1. The summed E-state index contributed by atoms with van der Waals surface area (Å²) in [6, 6.07) is 7.78. The number of anilines is 1. The number of ether oxygens (including phenoxy) is 1. The van der Waals surface area contributed by atoms with Crippen LogP contribution in [0.3, 0.4) is 0 Å². The molecule has 2 aromatic carbocycles. The minimum absolute atomic E-state index is 0.0437. The largest absolute Gasteiger partial charge is 0.417 e. The zero-order valence-corrected chi connectivity index (χ0v) is 21.0. The quantitative estimate of drug-likeness (QED) is 0.384. The Bertz CT molecular complexity index is 1380. The molecule has 3 aromatic rings. The SMILES string of the molecule is O=C(Cc1cscc1NS(=O)(=O)c1c(C(F)(F)F)cc(-c2ccccc2)cc1C(F)(F)F)N1CCOCC1. The summed E-state index contributed by atoms with van der Waals surface area (Å²) >= 11 is 0.943. The highest BCUT2D eigenvalue weighted by Crippen LogP contribution is 2.45. The summed E-state index contributed by atoms with van der Waals surface area (Å²) in [6.07, 6.45) is -11.2. The summed E-state index contributed by atoms with van der Waals surface area (Å²) in [5, 5.41) is 2.61. The highest BCUT2D eigenvalue weighted by Gasteiger charge is 2.46. The van der Waals surface area contributed by atoms with Crippen LogP contribution >= 0.6 is 11.3 Å². The Balaban J connectivity index is 1.78. The van der Waals surface area contributed by atoms with E-state index in [9.17, 15) is 39.6 Å². The van der Waals surface area contributed by atoms with Gasteiger partial charge in [0.1, 0.15) is 4.90 Å². The van der Waals surface area contributed by atoms with Crippen LogP contribution in [-0.4, -0.2) is 45.5 Å². The van der Waals surface area contributed by atoms with E-state index in [1.54, 1.807) is 0 Å². The van der Waals surface area contributed by atoms with E-state index in [2.05, 4.69) is 0 Å². The average Bonchev–Trinajstić information content (AvgIpc) is 3.28. The predicted octanol–water partition coefficient (Wildman–Crippen LogP) is 5.65. The maximum absolute atomic E-state index is 14.1. The van der Waals surface area contributed by atoms with Crippen molar-refractivity contribution in [2.45, 2.75) is 23.7 Å². The molecule has 1 amide bonds. The lowest BCUT2D eigenvalue weighted by Crippen LogP contribution is -2.41. The fourth-order valence-corrected chi connectivity index (χ4v) is 6.34. The zero-order chi connectivity index (χ0) is 27.7. The Morgan fingerprint density at radius 1 is 0.921 bits per heavy atom. The van der Waals surface area contributed by atoms with E-state index in [-0.39, 0.29) is 29.1 Å². The fraction of sp³-hybridized carbons (Fsp3) is 0.292. The van der Waals surface area contributed by atoms with Crippen molar-refractivity contribution < 1.29 is 44.3 Å². The molecule has 6 nitrogen and oxygen atoms in total. The van der Waals surface area contributed by atoms with Crippen molar-refractivity contribution in [2.75, 3.05) is 31.0 Å². The molecular weight excluding hydrogens is 558 g/mol. The first-order valence-electron chi connectivity index (χ1n) is 11.1. The van der Waals surface area contributed by atoms with Crippen molar-refractivity contribution in [3.8, 4) is 11.1 Å². The second-order valence-corrected chi connectivity index (χ2v) is 10.7. The number of hydrogen-bond acceptors (Lipinski definition) is 5. The fourth-order valence-electron chi connectivity index (χ4n) is 3.97. The lowest BCUT2D eigenvalue weighted by atomic mass is 9.99. The second kappa shape index (κ2) is 10.6. The van der Waals surface area contributed by atoms with Gasteiger partial charge >= 0.3 is 12.4 Å². The second-order valence-electron chi connectivity index (χ2n) is 8.35. The third-order valence-electron chi connectivity index (χ3n) is 5.77. The van der Waals surface area contributed by atoms with Crippen LogP contribution in [0.2, 0.25) is 0 Å². The van der Waals surface area contributed by atoms with Gasteiger partial charge in [-0.3, -0.25) is 9.52 Å². The number of sulfonamides is 1. The molecule has 0 aliphatic carbocycles. The van der Waals surface area contributed by atoms with Gasteiger partial charge in [0.15, 0.2) is 0 Å². The van der Waals surface area contributed by atoms with Gasteiger partial charge in [-0.05, 0) is 34.2 Å². The monoisotopic (exact) mass is 578 g/mol. The molecule has 0 saturated carbocycles. The molecule has 0 bridgehead atoms. The van der Waals surface area contributed by atoms with Crippen LogP contribution in [-0.2, 0) is 38.3 Å². The van der Waals surface area contributed by atoms with Crippen molar-refractivity contribution in [1.29, 1.82) is 0 Å². The van der Waals surface area contributed by atoms with Crippen molar-refractivity contribution >= 4 is 33.0 Å². The first-order valence-corrected chi connectivity index (χ1v) is 13.5. The van der Waals surface area contributed by atoms with E-state index in [1.165, 1.54) is 46.0 Å². The molecule has 0 atom stereocenters. The Kier molecular flexibility index (Phi) is 7.77. The van der Waals surface area contributed by atoms with Crippen LogP contribution in [0.25, 0.3) is 11.1 Å². The summed E-state index contributed by atoms with van der Waals surface area (Å²) in [4.78, 5) is 12.1. The van der Waals surface area contributed by atoms with Crippen LogP contribution < -0.4 is 4.72 Å². The number of nitrogens with one attached hydrogen (secondary N) is 1. The number of carbonyl (C=O) groups excluding carboxylic acids is 1. The van der Waals surface area contributed by atoms with Gasteiger partial charge in [-0.2, -0.15) is 26.3 Å². The van der Waals surface area contributed by atoms with Crippen LogP contribution in [0.4, 0.5) is 32.0 Å². The summed E-state index contributed by atoms with van der Waals surface area (Å²) in [7, 11) is -5.42. The summed E-state index contributed by atoms with van der Waals surface area (Å²) in [5.41, 5.74) is -4.47. The van der Waals surface area contributed by atoms with Gasteiger partial charge in [0.2, 0.25) is 5.91 Å². The number of halogens is 6. The molecule has 204 valence electrons. The molecular formula is C24H20F6N2O4S2. The van der Waals surface area contributed by atoms with Gasteiger partial charge < -0.3 is 9.64 Å². The first kappa shape index (κ1) is 27.9. The minimum atomic E-state index is -5.43. The highest BCUT2D eigenvalue weighted by atomic mass is 32.2. The van der Waals surface area contributed by atoms with Gasteiger partial charge in [-0.1, -0.05) is 30.3 Å². The van der Waals surface area contributed by atoms with Crippen LogP contribution in [0.5, 0.6) is 0 Å². The maximum atomic E-state index is 14.1. The first-order chi connectivity index (χ1) is 17.8. The Morgan fingerprint density at radius 2 is 1.50 bits per heavy atom. The lowest BCUT2D eigenvalue weighted by Gasteiger charge is -2.27. The van der Waals surface area contributed by atoms with Crippen LogP contribution in [0.15, 0.2) is 58.1 Å². The number of nitrogens with zero attached hydrogens (tertiary/aromatic N) is 1. The smallest absolute Gasteiger partial charge is 0.378 e. The number of carbonyl (C=O) groups is 1. The molecule has 0 unspecified atom stereocenters. The number of alkyl halides is 6. The predicted molar refractivity (Wildman–Crippen MR) is 128 cm³/mol.